The van der Waals surface area contributed by atoms with Crippen LogP contribution in [0.5, 0.6) is 0 Å². The Morgan fingerprint density at radius 1 is 1.07 bits per heavy atom. The number of alkyl halides is 2. The van der Waals surface area contributed by atoms with E-state index in [0.29, 0.717) is 29.1 Å². The number of nitrogens with one attached hydrogen (secondary N) is 1. The van der Waals surface area contributed by atoms with Crippen molar-refractivity contribution >= 4 is 33.0 Å². The van der Waals surface area contributed by atoms with Crippen LogP contribution in [-0.2, 0) is 14.6 Å². The van der Waals surface area contributed by atoms with Crippen molar-refractivity contribution < 1.29 is 26.7 Å². The van der Waals surface area contributed by atoms with E-state index in [1.807, 2.05) is 29.2 Å². The van der Waals surface area contributed by atoms with Crippen molar-refractivity contribution in [2.24, 2.45) is 0 Å². The van der Waals surface area contributed by atoms with Crippen LogP contribution in [0.4, 0.5) is 14.5 Å². The highest BCUT2D eigenvalue weighted by Gasteiger charge is 2.30. The molecule has 0 aromatic heterocycles. The Morgan fingerprint density at radius 2 is 1.74 bits per heavy atom. The molecule has 11 heteroatoms. The first-order chi connectivity index (χ1) is 20.1. The van der Waals surface area contributed by atoms with Crippen LogP contribution in [0.15, 0.2) is 77.7 Å². The van der Waals surface area contributed by atoms with Crippen molar-refractivity contribution in [3.05, 3.63) is 94.5 Å². The first kappa shape index (κ1) is 31.4. The summed E-state index contributed by atoms with van der Waals surface area (Å²) in [6.45, 7) is -0.839. The summed E-state index contributed by atoms with van der Waals surface area (Å²) >= 11 is 6.05. The fraction of sp³-hybridized carbons (Fsp3) is 0.355. The van der Waals surface area contributed by atoms with E-state index < -0.39 is 28.4 Å². The maximum absolute atomic E-state index is 13.1. The number of hydrogen-bond acceptors (Lipinski definition) is 6. The number of piperidine rings is 1. The summed E-state index contributed by atoms with van der Waals surface area (Å²) in [6.07, 6.45) is 1.45. The summed E-state index contributed by atoms with van der Waals surface area (Å²) in [5, 5.41) is 12.8. The third kappa shape index (κ3) is 7.85. The zero-order valence-corrected chi connectivity index (χ0v) is 24.6. The Balaban J connectivity index is 1.50. The number of ether oxygens (including phenoxy) is 1. The van der Waals surface area contributed by atoms with E-state index in [-0.39, 0.29) is 35.6 Å². The van der Waals surface area contributed by atoms with Gasteiger partial charge in [0, 0.05) is 28.7 Å². The minimum absolute atomic E-state index is 0.00458. The van der Waals surface area contributed by atoms with Crippen LogP contribution < -0.4 is 10.2 Å². The standard InChI is InChI=1S/C31H32ClF2N3O4S/c1-2-42(39,40)28-15-8-22(9-16-28)29(17-18-35)36-30(38)23-5-12-26(13-6-23)37-19-24(21-3-10-25(32)11-4-21)7-14-27(37)20-41-31(33)34/h3-6,8-13,15-16,24,27,29,31H,2,7,14,17,19-20H2,1H3,(H,36,38)/t24-,27+,29?/m1/s1. The third-order valence-corrected chi connectivity index (χ3v) is 9.55. The van der Waals surface area contributed by atoms with Gasteiger partial charge in [-0.3, -0.25) is 4.79 Å². The Labute approximate surface area is 250 Å². The molecule has 0 spiro atoms. The molecule has 4 rings (SSSR count). The van der Waals surface area contributed by atoms with Crippen molar-refractivity contribution in [3.8, 4) is 6.07 Å². The van der Waals surface area contributed by atoms with Crippen molar-refractivity contribution in [1.29, 1.82) is 5.26 Å². The van der Waals surface area contributed by atoms with Gasteiger partial charge < -0.3 is 15.0 Å². The Bertz CT molecular complexity index is 1500. The predicted molar refractivity (Wildman–Crippen MR) is 158 cm³/mol. The van der Waals surface area contributed by atoms with Crippen molar-refractivity contribution in [1.82, 2.24) is 5.32 Å². The Hall–Kier alpha value is -3.52. The number of halogens is 3. The van der Waals surface area contributed by atoms with E-state index in [1.165, 1.54) is 12.1 Å². The Morgan fingerprint density at radius 3 is 2.33 bits per heavy atom. The van der Waals surface area contributed by atoms with E-state index in [1.54, 1.807) is 43.3 Å². The third-order valence-electron chi connectivity index (χ3n) is 7.55. The van der Waals surface area contributed by atoms with Crippen LogP contribution in [-0.4, -0.2) is 45.9 Å². The number of nitrogens with zero attached hydrogens (tertiary/aromatic N) is 2. The largest absolute Gasteiger partial charge is 0.366 e. The average Bonchev–Trinajstić information content (AvgIpc) is 3.00. The number of anilines is 1. The molecule has 1 aliphatic heterocycles. The van der Waals surface area contributed by atoms with Crippen molar-refractivity contribution in [2.75, 3.05) is 23.8 Å². The van der Waals surface area contributed by atoms with Crippen LogP contribution in [0.1, 0.15) is 59.6 Å². The number of amides is 1. The molecule has 1 unspecified atom stereocenters. The minimum Gasteiger partial charge on any atom is -0.366 e. The highest BCUT2D eigenvalue weighted by Crippen LogP contribution is 2.34. The molecule has 3 atom stereocenters. The zero-order valence-electron chi connectivity index (χ0n) is 23.0. The summed E-state index contributed by atoms with van der Waals surface area (Å²) in [4.78, 5) is 15.3. The van der Waals surface area contributed by atoms with Gasteiger partial charge in [0.15, 0.2) is 9.84 Å². The highest BCUT2D eigenvalue weighted by atomic mass is 35.5. The lowest BCUT2D eigenvalue weighted by atomic mass is 9.87. The summed E-state index contributed by atoms with van der Waals surface area (Å²) < 4.78 is 54.7. The molecule has 1 N–H and O–H groups in total. The normalized spacial score (nSPS) is 18.0. The second kappa shape index (κ2) is 14.1. The fourth-order valence-electron chi connectivity index (χ4n) is 5.17. The number of benzene rings is 3. The maximum Gasteiger partial charge on any atom is 0.345 e. The van der Waals surface area contributed by atoms with E-state index >= 15 is 0 Å². The molecule has 1 heterocycles. The molecule has 3 aromatic rings. The Kier molecular flexibility index (Phi) is 10.5. The quantitative estimate of drug-likeness (QED) is 0.264. The molecule has 1 saturated heterocycles. The molecule has 0 aliphatic carbocycles. The predicted octanol–water partition coefficient (Wildman–Crippen LogP) is 6.51. The molecule has 1 amide bonds. The number of carbonyl (C=O) groups excluding carboxylic acids is 1. The van der Waals surface area contributed by atoms with Gasteiger partial charge in [0.25, 0.3) is 5.91 Å². The van der Waals surface area contributed by atoms with Gasteiger partial charge in [-0.15, -0.1) is 0 Å². The summed E-state index contributed by atoms with van der Waals surface area (Å²) in [7, 11) is -3.37. The fourth-order valence-corrected chi connectivity index (χ4v) is 6.18. The van der Waals surface area contributed by atoms with Crippen LogP contribution in [0.2, 0.25) is 5.02 Å². The second-order valence-electron chi connectivity index (χ2n) is 10.1. The van der Waals surface area contributed by atoms with Gasteiger partial charge >= 0.3 is 6.61 Å². The lowest BCUT2D eigenvalue weighted by Crippen LogP contribution is -2.45. The molecule has 1 aliphatic rings. The van der Waals surface area contributed by atoms with Crippen molar-refractivity contribution in [2.45, 2.75) is 55.7 Å². The SMILES string of the molecule is CCS(=O)(=O)c1ccc(C(CC#N)NC(=O)c2ccc(N3C[C@H](c4ccc(Cl)cc4)CC[C@H]3COC(F)F)cc2)cc1. The van der Waals surface area contributed by atoms with Gasteiger partial charge in [-0.2, -0.15) is 14.0 Å². The lowest BCUT2D eigenvalue weighted by molar-refractivity contribution is -0.133. The molecule has 42 heavy (non-hydrogen) atoms. The summed E-state index contributed by atoms with van der Waals surface area (Å²) in [6, 6.07) is 21.8. The average molecular weight is 616 g/mol. The van der Waals surface area contributed by atoms with E-state index in [4.69, 9.17) is 11.6 Å². The summed E-state index contributed by atoms with van der Waals surface area (Å²) in [5.41, 5.74) is 2.85. The van der Waals surface area contributed by atoms with Crippen molar-refractivity contribution in [3.63, 3.8) is 0 Å². The first-order valence-corrected chi connectivity index (χ1v) is 15.7. The zero-order chi connectivity index (χ0) is 30.3. The first-order valence-electron chi connectivity index (χ1n) is 13.6. The minimum atomic E-state index is -3.37. The van der Waals surface area contributed by atoms with Gasteiger partial charge in [-0.05, 0) is 72.5 Å². The monoisotopic (exact) mass is 615 g/mol. The number of nitriles is 1. The molecular formula is C31H32ClF2N3O4S. The smallest absolute Gasteiger partial charge is 0.345 e. The molecule has 0 radical (unpaired) electrons. The highest BCUT2D eigenvalue weighted by molar-refractivity contribution is 7.91. The molecule has 7 nitrogen and oxygen atoms in total. The van der Waals surface area contributed by atoms with Gasteiger partial charge in [0.05, 0.1) is 41.8 Å². The number of carbonyl (C=O) groups is 1. The number of rotatable bonds is 11. The topological polar surface area (TPSA) is 99.5 Å². The van der Waals surface area contributed by atoms with E-state index in [0.717, 1.165) is 17.7 Å². The van der Waals surface area contributed by atoms with E-state index in [9.17, 15) is 27.3 Å². The number of hydrogen-bond donors (Lipinski definition) is 1. The molecular weight excluding hydrogens is 584 g/mol. The summed E-state index contributed by atoms with van der Waals surface area (Å²) in [5.74, 6) is -0.263. The molecule has 0 bridgehead atoms. The van der Waals surface area contributed by atoms with Gasteiger partial charge in [0.1, 0.15) is 0 Å². The van der Waals surface area contributed by atoms with Gasteiger partial charge in [-0.1, -0.05) is 42.8 Å². The number of sulfone groups is 1. The lowest BCUT2D eigenvalue weighted by Gasteiger charge is -2.41. The van der Waals surface area contributed by atoms with Gasteiger partial charge in [0.2, 0.25) is 0 Å². The van der Waals surface area contributed by atoms with Crippen LogP contribution in [0, 0.1) is 11.3 Å². The van der Waals surface area contributed by atoms with Crippen LogP contribution in [0.3, 0.4) is 0 Å². The van der Waals surface area contributed by atoms with E-state index in [2.05, 4.69) is 16.1 Å². The van der Waals surface area contributed by atoms with Crippen LogP contribution >= 0.6 is 11.6 Å². The molecule has 0 saturated carbocycles. The van der Waals surface area contributed by atoms with Gasteiger partial charge in [-0.25, -0.2) is 8.42 Å². The van der Waals surface area contributed by atoms with Crippen LogP contribution in [0.25, 0.3) is 0 Å². The molecule has 3 aromatic carbocycles. The molecule has 1 fully saturated rings. The second-order valence-corrected chi connectivity index (χ2v) is 12.8. The maximum atomic E-state index is 13.1. The molecule has 222 valence electrons.